The van der Waals surface area contributed by atoms with Gasteiger partial charge in [0.25, 0.3) is 0 Å². The first-order valence-corrected chi connectivity index (χ1v) is 8.70. The van der Waals surface area contributed by atoms with E-state index >= 15 is 0 Å². The molecule has 0 saturated carbocycles. The van der Waals surface area contributed by atoms with Gasteiger partial charge >= 0.3 is 0 Å². The van der Waals surface area contributed by atoms with E-state index in [1.54, 1.807) is 30.6 Å². The van der Waals surface area contributed by atoms with Crippen LogP contribution in [-0.2, 0) is 9.84 Å². The zero-order valence-electron chi connectivity index (χ0n) is 12.2. The van der Waals surface area contributed by atoms with Crippen LogP contribution < -0.4 is 5.32 Å². The predicted molar refractivity (Wildman–Crippen MR) is 81.7 cm³/mol. The molecule has 5 nitrogen and oxygen atoms in total. The predicted octanol–water partition coefficient (Wildman–Crippen LogP) is 1.97. The third kappa shape index (κ3) is 4.09. The molecule has 2 rings (SSSR count). The van der Waals surface area contributed by atoms with Crippen LogP contribution in [0.1, 0.15) is 30.5 Å². The fraction of sp³-hybridized carbons (Fsp3) is 0.333. The van der Waals surface area contributed by atoms with Crippen molar-refractivity contribution >= 4 is 9.84 Å². The van der Waals surface area contributed by atoms with Crippen molar-refractivity contribution in [2.24, 2.45) is 0 Å². The lowest BCUT2D eigenvalue weighted by molar-refractivity contribution is 0.590. The Morgan fingerprint density at radius 2 is 1.90 bits per heavy atom. The van der Waals surface area contributed by atoms with Gasteiger partial charge in [0.1, 0.15) is 6.33 Å². The van der Waals surface area contributed by atoms with E-state index in [1.807, 2.05) is 6.07 Å². The van der Waals surface area contributed by atoms with Crippen LogP contribution in [0.4, 0.5) is 0 Å². The van der Waals surface area contributed by atoms with Gasteiger partial charge in [-0.25, -0.2) is 18.4 Å². The molecule has 1 N–H and O–H groups in total. The first-order chi connectivity index (χ1) is 10.0. The summed E-state index contributed by atoms with van der Waals surface area (Å²) in [5.41, 5.74) is 1.80. The summed E-state index contributed by atoms with van der Waals surface area (Å²) in [6.07, 6.45) is 7.16. The van der Waals surface area contributed by atoms with Crippen molar-refractivity contribution < 1.29 is 8.42 Å². The monoisotopic (exact) mass is 305 g/mol. The van der Waals surface area contributed by atoms with Gasteiger partial charge in [0.05, 0.1) is 10.9 Å². The van der Waals surface area contributed by atoms with Crippen molar-refractivity contribution in [3.05, 3.63) is 54.1 Å². The lowest BCUT2D eigenvalue weighted by Gasteiger charge is -2.19. The Morgan fingerprint density at radius 1 is 1.19 bits per heavy atom. The zero-order chi connectivity index (χ0) is 15.3. The molecule has 1 atom stereocenters. The van der Waals surface area contributed by atoms with E-state index in [2.05, 4.69) is 22.2 Å². The van der Waals surface area contributed by atoms with E-state index in [4.69, 9.17) is 0 Å². The first kappa shape index (κ1) is 15.6. The smallest absolute Gasteiger partial charge is 0.175 e. The molecule has 112 valence electrons. The molecule has 1 unspecified atom stereocenters. The molecule has 0 spiro atoms. The Morgan fingerprint density at radius 3 is 2.52 bits per heavy atom. The second-order valence-electron chi connectivity index (χ2n) is 4.90. The van der Waals surface area contributed by atoms with Crippen LogP contribution in [0.3, 0.4) is 0 Å². The third-order valence-corrected chi connectivity index (χ3v) is 4.24. The van der Waals surface area contributed by atoms with E-state index in [-0.39, 0.29) is 6.04 Å². The maximum absolute atomic E-state index is 11.7. The number of rotatable bonds is 6. The highest BCUT2D eigenvalue weighted by Crippen LogP contribution is 2.23. The van der Waals surface area contributed by atoms with Gasteiger partial charge < -0.3 is 5.32 Å². The minimum Gasteiger partial charge on any atom is -0.306 e. The summed E-state index contributed by atoms with van der Waals surface area (Å²) in [7, 11) is -3.22. The maximum Gasteiger partial charge on any atom is 0.175 e. The maximum atomic E-state index is 11.7. The quantitative estimate of drug-likeness (QED) is 0.883. The van der Waals surface area contributed by atoms with E-state index in [0.717, 1.165) is 24.1 Å². The third-order valence-electron chi connectivity index (χ3n) is 3.13. The zero-order valence-corrected chi connectivity index (χ0v) is 13.0. The first-order valence-electron chi connectivity index (χ1n) is 6.80. The van der Waals surface area contributed by atoms with Crippen LogP contribution in [0.15, 0.2) is 47.9 Å². The highest BCUT2D eigenvalue weighted by molar-refractivity contribution is 7.90. The van der Waals surface area contributed by atoms with Crippen molar-refractivity contribution in [1.82, 2.24) is 15.3 Å². The average molecular weight is 305 g/mol. The number of aromatic nitrogens is 2. The minimum atomic E-state index is -3.22. The summed E-state index contributed by atoms with van der Waals surface area (Å²) in [4.78, 5) is 8.40. The van der Waals surface area contributed by atoms with Crippen LogP contribution in [0, 0.1) is 0 Å². The number of sulfone groups is 1. The van der Waals surface area contributed by atoms with Crippen LogP contribution in [-0.4, -0.2) is 31.2 Å². The minimum absolute atomic E-state index is 0.118. The Kier molecular flexibility index (Phi) is 5.03. The highest BCUT2D eigenvalue weighted by Gasteiger charge is 2.16. The van der Waals surface area contributed by atoms with Crippen LogP contribution in [0.25, 0.3) is 0 Å². The van der Waals surface area contributed by atoms with Crippen molar-refractivity contribution in [1.29, 1.82) is 0 Å². The number of benzene rings is 1. The van der Waals surface area contributed by atoms with Gasteiger partial charge in [0.2, 0.25) is 0 Å². The molecular weight excluding hydrogens is 286 g/mol. The van der Waals surface area contributed by atoms with Gasteiger partial charge in [-0.1, -0.05) is 19.1 Å². The summed E-state index contributed by atoms with van der Waals surface area (Å²) in [5.74, 6) is 0. The van der Waals surface area contributed by atoms with Crippen molar-refractivity contribution in [2.75, 3.05) is 12.8 Å². The van der Waals surface area contributed by atoms with Gasteiger partial charge in [-0.3, -0.25) is 0 Å². The van der Waals surface area contributed by atoms with Crippen LogP contribution in [0.5, 0.6) is 0 Å². The highest BCUT2D eigenvalue weighted by atomic mass is 32.2. The fourth-order valence-electron chi connectivity index (χ4n) is 2.10. The van der Waals surface area contributed by atoms with Gasteiger partial charge in [0, 0.05) is 24.2 Å². The molecule has 6 heteroatoms. The molecule has 0 aliphatic rings. The molecule has 2 aromatic rings. The molecule has 0 aliphatic heterocycles. The molecule has 0 aliphatic carbocycles. The summed E-state index contributed by atoms with van der Waals surface area (Å²) < 4.78 is 23.4. The molecule has 21 heavy (non-hydrogen) atoms. The van der Waals surface area contributed by atoms with Crippen molar-refractivity contribution in [2.45, 2.75) is 24.3 Å². The Bertz CT molecular complexity index is 687. The number of hydrogen-bond donors (Lipinski definition) is 1. The Balaban J connectivity index is 2.42. The molecule has 0 amide bonds. The molecule has 1 aromatic carbocycles. The number of hydrogen-bond acceptors (Lipinski definition) is 5. The number of nitrogens with zero attached hydrogens (tertiary/aromatic N) is 2. The standard InChI is InChI=1S/C15H19N3O2S/c1-3-7-18-15(13-9-16-11-17-10-13)12-5-4-6-14(8-12)21(2,19)20/h4-6,8-11,15,18H,3,7H2,1-2H3. The fourth-order valence-corrected chi connectivity index (χ4v) is 2.78. The van der Waals surface area contributed by atoms with Crippen molar-refractivity contribution in [3.63, 3.8) is 0 Å². The molecule has 0 fully saturated rings. The molecule has 0 saturated heterocycles. The molecule has 1 heterocycles. The van der Waals surface area contributed by atoms with E-state index in [1.165, 1.54) is 12.6 Å². The second kappa shape index (κ2) is 6.78. The van der Waals surface area contributed by atoms with Gasteiger partial charge in [-0.15, -0.1) is 0 Å². The summed E-state index contributed by atoms with van der Waals surface area (Å²) in [5, 5.41) is 3.41. The SMILES string of the molecule is CCCNC(c1cncnc1)c1cccc(S(C)(=O)=O)c1. The number of nitrogens with one attached hydrogen (secondary N) is 1. The normalized spacial score (nSPS) is 13.0. The lowest BCUT2D eigenvalue weighted by atomic mass is 10.0. The van der Waals surface area contributed by atoms with Gasteiger partial charge in [-0.2, -0.15) is 0 Å². The van der Waals surface area contributed by atoms with Gasteiger partial charge in [0.15, 0.2) is 9.84 Å². The molecule has 0 radical (unpaired) electrons. The Hall–Kier alpha value is -1.79. The van der Waals surface area contributed by atoms with Crippen LogP contribution in [0.2, 0.25) is 0 Å². The largest absolute Gasteiger partial charge is 0.306 e. The lowest BCUT2D eigenvalue weighted by Crippen LogP contribution is -2.23. The Labute approximate surface area is 125 Å². The summed E-state index contributed by atoms with van der Waals surface area (Å²) in [6, 6.07) is 6.87. The van der Waals surface area contributed by atoms with E-state index in [0.29, 0.717) is 4.90 Å². The molecule has 1 aromatic heterocycles. The van der Waals surface area contributed by atoms with E-state index in [9.17, 15) is 8.42 Å². The topological polar surface area (TPSA) is 72.0 Å². The molecular formula is C15H19N3O2S. The van der Waals surface area contributed by atoms with Crippen LogP contribution >= 0.6 is 0 Å². The van der Waals surface area contributed by atoms with Gasteiger partial charge in [-0.05, 0) is 30.7 Å². The van der Waals surface area contributed by atoms with E-state index < -0.39 is 9.84 Å². The summed E-state index contributed by atoms with van der Waals surface area (Å²) >= 11 is 0. The van der Waals surface area contributed by atoms with Crippen molar-refractivity contribution in [3.8, 4) is 0 Å². The molecule has 0 bridgehead atoms. The summed E-state index contributed by atoms with van der Waals surface area (Å²) in [6.45, 7) is 2.90. The second-order valence-corrected chi connectivity index (χ2v) is 6.92. The average Bonchev–Trinajstić information content (AvgIpc) is 2.48.